The van der Waals surface area contributed by atoms with E-state index in [1.165, 1.54) is 6.92 Å². The molecule has 0 atom stereocenters. The van der Waals surface area contributed by atoms with Gasteiger partial charge in [-0.25, -0.2) is 5.43 Å². The zero-order chi connectivity index (χ0) is 22.7. The lowest BCUT2D eigenvalue weighted by Gasteiger charge is -2.27. The van der Waals surface area contributed by atoms with Crippen LogP contribution in [0.15, 0.2) is 41.5 Å². The van der Waals surface area contributed by atoms with Crippen molar-refractivity contribution in [2.45, 2.75) is 59.3 Å². The van der Waals surface area contributed by atoms with Crippen LogP contribution >= 0.6 is 0 Å². The molecule has 0 spiro atoms. The van der Waals surface area contributed by atoms with Crippen LogP contribution in [0.25, 0.3) is 0 Å². The Labute approximate surface area is 178 Å². The smallest absolute Gasteiger partial charge is 0.271 e. The molecule has 6 nitrogen and oxygen atoms in total. The molecule has 2 rings (SSSR count). The van der Waals surface area contributed by atoms with Crippen molar-refractivity contribution in [3.05, 3.63) is 58.7 Å². The van der Waals surface area contributed by atoms with E-state index in [4.69, 9.17) is 0 Å². The van der Waals surface area contributed by atoms with Crippen molar-refractivity contribution in [2.75, 3.05) is 5.32 Å². The summed E-state index contributed by atoms with van der Waals surface area (Å²) in [5.74, 6) is -0.294. The molecule has 0 aromatic heterocycles. The van der Waals surface area contributed by atoms with Gasteiger partial charge in [-0.3, -0.25) is 9.59 Å². The Morgan fingerprint density at radius 2 is 1.53 bits per heavy atom. The fourth-order valence-corrected chi connectivity index (χ4v) is 3.05. The lowest BCUT2D eigenvalue weighted by Crippen LogP contribution is -2.19. The van der Waals surface area contributed by atoms with Crippen molar-refractivity contribution in [3.63, 3.8) is 0 Å². The summed E-state index contributed by atoms with van der Waals surface area (Å²) in [6.45, 7) is 13.7. The lowest BCUT2D eigenvalue weighted by molar-refractivity contribution is -0.114. The number of carbonyl (C=O) groups excluding carboxylic acids is 2. The molecule has 0 bridgehead atoms. The number of hydrogen-bond donors (Lipinski definition) is 3. The number of hydrazone groups is 1. The molecule has 2 amide bonds. The predicted octanol–water partition coefficient (Wildman–Crippen LogP) is 4.71. The number of carbonyl (C=O) groups is 2. The summed E-state index contributed by atoms with van der Waals surface area (Å²) in [6.07, 6.45) is 1.57. The van der Waals surface area contributed by atoms with Gasteiger partial charge in [0.1, 0.15) is 5.75 Å². The molecule has 0 heterocycles. The largest absolute Gasteiger partial charge is 0.507 e. The molecule has 2 aromatic carbocycles. The highest BCUT2D eigenvalue weighted by molar-refractivity contribution is 5.97. The minimum atomic E-state index is -0.385. The third kappa shape index (κ3) is 5.92. The third-order valence-electron chi connectivity index (χ3n) is 4.57. The van der Waals surface area contributed by atoms with Crippen LogP contribution in [0.2, 0.25) is 0 Å². The first-order chi connectivity index (χ1) is 13.8. The van der Waals surface area contributed by atoms with Crippen LogP contribution in [0.3, 0.4) is 0 Å². The van der Waals surface area contributed by atoms with Gasteiger partial charge in [-0.15, -0.1) is 0 Å². The summed E-state index contributed by atoms with van der Waals surface area (Å²) in [4.78, 5) is 23.6. The molecular weight excluding hydrogens is 378 g/mol. The lowest BCUT2D eigenvalue weighted by atomic mass is 9.78. The molecular formula is C24H31N3O3. The summed E-state index contributed by atoms with van der Waals surface area (Å²) < 4.78 is 0. The molecule has 0 aliphatic rings. The average molecular weight is 410 g/mol. The van der Waals surface area contributed by atoms with Gasteiger partial charge < -0.3 is 10.4 Å². The first kappa shape index (κ1) is 23.1. The second-order valence-corrected chi connectivity index (χ2v) is 9.43. The summed E-state index contributed by atoms with van der Waals surface area (Å²) in [5, 5.41) is 17.5. The minimum absolute atomic E-state index is 0.206. The Hall–Kier alpha value is -3.15. The first-order valence-electron chi connectivity index (χ1n) is 9.88. The van der Waals surface area contributed by atoms with E-state index in [1.807, 2.05) is 53.7 Å². The van der Waals surface area contributed by atoms with E-state index in [9.17, 15) is 14.7 Å². The molecule has 160 valence electrons. The van der Waals surface area contributed by atoms with Crippen molar-refractivity contribution >= 4 is 23.7 Å². The van der Waals surface area contributed by atoms with Gasteiger partial charge in [-0.05, 0) is 46.7 Å². The highest BCUT2D eigenvalue weighted by Crippen LogP contribution is 2.39. The summed E-state index contributed by atoms with van der Waals surface area (Å²) >= 11 is 0. The number of nitrogens with one attached hydrogen (secondary N) is 2. The number of phenolic OH excluding ortho intramolecular Hbond substituents is 1. The van der Waals surface area contributed by atoms with Crippen molar-refractivity contribution in [2.24, 2.45) is 5.10 Å². The van der Waals surface area contributed by atoms with Gasteiger partial charge in [0.25, 0.3) is 5.91 Å². The normalized spacial score (nSPS) is 12.1. The van der Waals surface area contributed by atoms with E-state index in [1.54, 1.807) is 30.5 Å². The number of nitrogens with zero attached hydrogens (tertiary/aromatic N) is 1. The van der Waals surface area contributed by atoms with E-state index in [2.05, 4.69) is 15.8 Å². The molecule has 3 N–H and O–H groups in total. The molecule has 0 saturated carbocycles. The number of benzene rings is 2. The van der Waals surface area contributed by atoms with Gasteiger partial charge in [0.2, 0.25) is 5.91 Å². The van der Waals surface area contributed by atoms with Crippen molar-refractivity contribution in [1.29, 1.82) is 0 Å². The Balaban J connectivity index is 2.28. The van der Waals surface area contributed by atoms with Crippen molar-refractivity contribution in [3.8, 4) is 5.75 Å². The highest BCUT2D eigenvalue weighted by atomic mass is 16.3. The van der Waals surface area contributed by atoms with Crippen molar-refractivity contribution < 1.29 is 14.7 Å². The zero-order valence-corrected chi connectivity index (χ0v) is 18.8. The molecule has 30 heavy (non-hydrogen) atoms. The zero-order valence-electron chi connectivity index (χ0n) is 18.8. The number of phenols is 1. The van der Waals surface area contributed by atoms with Crippen molar-refractivity contribution in [1.82, 2.24) is 5.43 Å². The molecule has 0 radical (unpaired) electrons. The molecule has 0 unspecified atom stereocenters. The maximum atomic E-state index is 12.4. The molecule has 0 aliphatic carbocycles. The second-order valence-electron chi connectivity index (χ2n) is 9.43. The SMILES string of the molecule is CC(=O)Nc1cccc(C(=O)N/N=C\c2cc(C(C)(C)C)c(O)c(C(C)(C)C)c2)c1. The fraction of sp³-hybridized carbons (Fsp3) is 0.375. The Bertz CT molecular complexity index is 945. The molecule has 0 saturated heterocycles. The second kappa shape index (κ2) is 8.69. The van der Waals surface area contributed by atoms with Crippen LogP contribution in [-0.4, -0.2) is 23.1 Å². The standard InChI is InChI=1S/C24H31N3O3/c1-15(28)26-18-10-8-9-17(13-18)22(30)27-25-14-16-11-19(23(2,3)4)21(29)20(12-16)24(5,6)7/h8-14,29H,1-7H3,(H,26,28)(H,27,30)/b25-14-. The van der Waals surface area contributed by atoms with Gasteiger partial charge in [-0.2, -0.15) is 5.10 Å². The number of amides is 2. The van der Waals surface area contributed by atoms with Crippen LogP contribution in [0.5, 0.6) is 5.75 Å². The summed E-state index contributed by atoms with van der Waals surface area (Å²) in [7, 11) is 0. The summed E-state index contributed by atoms with van der Waals surface area (Å²) in [5.41, 5.74) is 5.38. The predicted molar refractivity (Wildman–Crippen MR) is 121 cm³/mol. The first-order valence-corrected chi connectivity index (χ1v) is 9.88. The highest BCUT2D eigenvalue weighted by Gasteiger charge is 2.26. The third-order valence-corrected chi connectivity index (χ3v) is 4.57. The Morgan fingerprint density at radius 1 is 0.967 bits per heavy atom. The van der Waals surface area contributed by atoms with E-state index in [0.29, 0.717) is 17.0 Å². The van der Waals surface area contributed by atoms with Gasteiger partial charge in [0, 0.05) is 29.3 Å². The maximum absolute atomic E-state index is 12.4. The number of hydrogen-bond acceptors (Lipinski definition) is 4. The van der Waals surface area contributed by atoms with Crippen LogP contribution in [-0.2, 0) is 15.6 Å². The Kier molecular flexibility index (Phi) is 6.70. The Morgan fingerprint density at radius 3 is 2.03 bits per heavy atom. The van der Waals surface area contributed by atoms with Gasteiger partial charge in [-0.1, -0.05) is 47.6 Å². The fourth-order valence-electron chi connectivity index (χ4n) is 3.05. The van der Waals surface area contributed by atoms with Crippen LogP contribution in [0.4, 0.5) is 5.69 Å². The molecule has 2 aromatic rings. The van der Waals surface area contributed by atoms with Crippen LogP contribution in [0, 0.1) is 0 Å². The summed E-state index contributed by atoms with van der Waals surface area (Å²) in [6, 6.07) is 10.4. The number of rotatable bonds is 4. The van der Waals surface area contributed by atoms with E-state index < -0.39 is 0 Å². The monoisotopic (exact) mass is 409 g/mol. The number of aromatic hydroxyl groups is 1. The molecule has 0 fully saturated rings. The van der Waals surface area contributed by atoms with Gasteiger partial charge in [0.15, 0.2) is 0 Å². The van der Waals surface area contributed by atoms with Crippen LogP contribution in [0.1, 0.15) is 75.5 Å². The number of anilines is 1. The molecule has 6 heteroatoms. The molecule has 0 aliphatic heterocycles. The average Bonchev–Trinajstić information content (AvgIpc) is 2.60. The van der Waals surface area contributed by atoms with Crippen LogP contribution < -0.4 is 10.7 Å². The van der Waals surface area contributed by atoms with Gasteiger partial charge >= 0.3 is 0 Å². The van der Waals surface area contributed by atoms with E-state index in [0.717, 1.165) is 16.7 Å². The minimum Gasteiger partial charge on any atom is -0.507 e. The topological polar surface area (TPSA) is 90.8 Å². The maximum Gasteiger partial charge on any atom is 0.271 e. The van der Waals surface area contributed by atoms with Gasteiger partial charge in [0.05, 0.1) is 6.21 Å². The van der Waals surface area contributed by atoms with E-state index >= 15 is 0 Å². The van der Waals surface area contributed by atoms with E-state index in [-0.39, 0.29) is 22.6 Å². The quantitative estimate of drug-likeness (QED) is 0.504.